The number of carbonyl (C=O) groups excluding carboxylic acids is 6. The molecule has 3 atom stereocenters. The molecule has 0 aliphatic carbocycles. The van der Waals surface area contributed by atoms with Gasteiger partial charge in [0.2, 0.25) is 0 Å². The maximum Gasteiger partial charge on any atom is 3.00 e. The van der Waals surface area contributed by atoms with Crippen molar-refractivity contribution < 1.29 is 44.1 Å². The Morgan fingerprint density at radius 1 is 0.459 bits per heavy atom. The predicted molar refractivity (Wildman–Crippen MR) is 136 cm³/mol. The number of Topliss-reactive ketones (excluding diaryl/α,β-unsaturated/α-hetero) is 3. The molecule has 0 amide bonds. The molecule has 0 bridgehead atoms. The third-order valence-corrected chi connectivity index (χ3v) is 5.32. The van der Waals surface area contributed by atoms with Crippen LogP contribution < -0.4 is 15.3 Å². The van der Waals surface area contributed by atoms with E-state index in [0.29, 0.717) is 0 Å². The molecule has 0 aromatic heterocycles. The number of rotatable bonds is 9. The molecule has 3 unspecified atom stereocenters. The van der Waals surface area contributed by atoms with Gasteiger partial charge in [-0.3, -0.25) is 14.4 Å². The van der Waals surface area contributed by atoms with Gasteiger partial charge < -0.3 is 29.7 Å². The van der Waals surface area contributed by atoms with Gasteiger partial charge in [-0.25, -0.2) is 0 Å². The zero-order valence-corrected chi connectivity index (χ0v) is 27.9. The first kappa shape index (κ1) is 42.4. The van der Waals surface area contributed by atoms with E-state index in [-0.39, 0.29) is 62.5 Å². The number of ketones is 3. The maximum absolute atomic E-state index is 11.2. The number of carboxylic acids is 3. The molecular weight excluding hydrogens is 583 g/mol. The van der Waals surface area contributed by atoms with Gasteiger partial charge in [0.25, 0.3) is 0 Å². The van der Waals surface area contributed by atoms with Gasteiger partial charge in [0.1, 0.15) is 17.3 Å². The Bertz CT molecular complexity index is 677. The van der Waals surface area contributed by atoms with Crippen molar-refractivity contribution in [1.29, 1.82) is 0 Å². The fourth-order valence-electron chi connectivity index (χ4n) is 3.52. The van der Waals surface area contributed by atoms with E-state index in [9.17, 15) is 44.1 Å². The van der Waals surface area contributed by atoms with Crippen LogP contribution in [0.5, 0.6) is 0 Å². The number of hydrogen-bond donors (Lipinski definition) is 0. The predicted octanol–water partition coefficient (Wildman–Crippen LogP) is 0.752. The van der Waals surface area contributed by atoms with Crippen LogP contribution >= 0.6 is 0 Å². The molecule has 0 aromatic rings. The molecule has 0 N–H and O–H groups in total. The molecule has 9 nitrogen and oxygen atoms in total. The van der Waals surface area contributed by atoms with Crippen molar-refractivity contribution in [3.05, 3.63) is 0 Å². The van der Waals surface area contributed by atoms with Gasteiger partial charge in [-0.1, -0.05) is 83.1 Å². The first-order valence-electron chi connectivity index (χ1n) is 12.1. The second-order valence-electron chi connectivity index (χ2n) is 11.8. The molecule has 0 spiro atoms. The van der Waals surface area contributed by atoms with Gasteiger partial charge in [-0.15, -0.1) is 0 Å². The summed E-state index contributed by atoms with van der Waals surface area (Å²) in [4.78, 5) is 65.4. The minimum absolute atomic E-state index is 0. The summed E-state index contributed by atoms with van der Waals surface area (Å²) in [7, 11) is 0. The van der Waals surface area contributed by atoms with Gasteiger partial charge in [-0.2, -0.15) is 0 Å². The van der Waals surface area contributed by atoms with Crippen molar-refractivity contribution in [3.8, 4) is 0 Å². The summed E-state index contributed by atoms with van der Waals surface area (Å²) in [6.45, 7) is 20.5. The van der Waals surface area contributed by atoms with Gasteiger partial charge >= 0.3 is 25.8 Å². The third kappa shape index (κ3) is 16.7. The fourth-order valence-corrected chi connectivity index (χ4v) is 3.52. The molecule has 37 heavy (non-hydrogen) atoms. The summed E-state index contributed by atoms with van der Waals surface area (Å²) in [6, 6.07) is 0. The Labute approximate surface area is 240 Å². The second kappa shape index (κ2) is 17.7. The zero-order chi connectivity index (χ0) is 29.8. The van der Waals surface area contributed by atoms with E-state index in [4.69, 9.17) is 0 Å². The summed E-state index contributed by atoms with van der Waals surface area (Å²) >= 11 is 0. The summed E-state index contributed by atoms with van der Waals surface area (Å²) in [5.41, 5.74) is -1.65. The molecule has 0 rings (SSSR count). The molecule has 0 radical (unpaired) electrons. The Morgan fingerprint density at radius 2 is 0.595 bits per heavy atom. The van der Waals surface area contributed by atoms with E-state index in [1.54, 1.807) is 83.1 Å². The topological polar surface area (TPSA) is 172 Å². The average Bonchev–Trinajstić information content (AvgIpc) is 2.64. The van der Waals surface area contributed by atoms with Crippen LogP contribution in [0, 0.1) is 34.0 Å². The first-order chi connectivity index (χ1) is 15.9. The summed E-state index contributed by atoms with van der Waals surface area (Å²) in [5.74, 6) is -7.54. The van der Waals surface area contributed by atoms with Crippen LogP contribution in [-0.2, 0) is 28.8 Å². The Balaban J connectivity index is -0.000000218. The largest absolute Gasteiger partial charge is 3.00 e. The van der Waals surface area contributed by atoms with Crippen LogP contribution in [-0.4, -0.2) is 61.1 Å². The number of carbonyl (C=O) groups is 6. The second-order valence-corrected chi connectivity index (χ2v) is 11.8. The number of hydrogen-bond acceptors (Lipinski definition) is 9. The molecule has 0 aliphatic rings. The minimum atomic E-state index is -1.27. The first-order valence-corrected chi connectivity index (χ1v) is 12.1. The Kier molecular flexibility index (Phi) is 20.3. The smallest absolute Gasteiger partial charge is 0.549 e. The van der Waals surface area contributed by atoms with E-state index in [0.717, 1.165) is 0 Å². The number of aliphatic carboxylic acids is 3. The molecular formula is C27H45InO9. The Hall–Kier alpha value is -1.71. The van der Waals surface area contributed by atoms with Crippen LogP contribution in [0.4, 0.5) is 0 Å². The van der Waals surface area contributed by atoms with Crippen molar-refractivity contribution in [3.63, 3.8) is 0 Å². The fraction of sp³-hybridized carbons (Fsp3) is 0.778. The van der Waals surface area contributed by atoms with E-state index in [2.05, 4.69) is 0 Å². The minimum Gasteiger partial charge on any atom is -0.549 e. The van der Waals surface area contributed by atoms with Crippen molar-refractivity contribution in [2.45, 2.75) is 102 Å². The molecule has 0 aliphatic heterocycles. The van der Waals surface area contributed by atoms with Crippen molar-refractivity contribution in [2.24, 2.45) is 34.0 Å². The molecule has 0 aromatic carbocycles. The van der Waals surface area contributed by atoms with Gasteiger partial charge in [0, 0.05) is 19.3 Å². The van der Waals surface area contributed by atoms with Crippen LogP contribution in [0.3, 0.4) is 0 Å². The van der Waals surface area contributed by atoms with E-state index >= 15 is 0 Å². The van der Waals surface area contributed by atoms with Crippen molar-refractivity contribution in [2.75, 3.05) is 0 Å². The van der Waals surface area contributed by atoms with E-state index in [1.165, 1.54) is 0 Å². The van der Waals surface area contributed by atoms with Gasteiger partial charge in [0.15, 0.2) is 0 Å². The molecule has 0 fully saturated rings. The SMILES string of the molecule is CCC(=O)C(C(=O)[O-])C(C)(C)C.CCC(=O)C(C(=O)[O-])C(C)(C)C.CCC(=O)C(C(=O)[O-])C(C)(C)C.[In+3]. The third-order valence-electron chi connectivity index (χ3n) is 5.32. The van der Waals surface area contributed by atoms with Crippen molar-refractivity contribution in [1.82, 2.24) is 0 Å². The normalized spacial score (nSPS) is 13.6. The standard InChI is InChI=1S/3C9H16O3.In/c3*1-5-6(10)7(8(11)12)9(2,3)4;/h3*7H,5H2,1-4H3,(H,11,12);/q;;;+3/p-3. The molecule has 10 heteroatoms. The molecule has 0 saturated carbocycles. The zero-order valence-electron chi connectivity index (χ0n) is 24.6. The van der Waals surface area contributed by atoms with E-state index < -0.39 is 51.9 Å². The maximum atomic E-state index is 11.2. The average molecular weight is 628 g/mol. The molecule has 210 valence electrons. The Morgan fingerprint density at radius 3 is 0.622 bits per heavy atom. The van der Waals surface area contributed by atoms with Crippen molar-refractivity contribution >= 4 is 61.1 Å². The van der Waals surface area contributed by atoms with Crippen LogP contribution in [0.2, 0.25) is 0 Å². The number of carboxylic acid groups (broad SMARTS) is 3. The van der Waals surface area contributed by atoms with Gasteiger partial charge in [0.05, 0.1) is 35.7 Å². The van der Waals surface area contributed by atoms with Crippen LogP contribution in [0.15, 0.2) is 0 Å². The summed E-state index contributed by atoms with van der Waals surface area (Å²) in [5, 5.41) is 31.8. The summed E-state index contributed by atoms with van der Waals surface area (Å²) in [6.07, 6.45) is 0.738. The summed E-state index contributed by atoms with van der Waals surface area (Å²) < 4.78 is 0. The van der Waals surface area contributed by atoms with Crippen LogP contribution in [0.1, 0.15) is 102 Å². The quantitative estimate of drug-likeness (QED) is 0.334. The van der Waals surface area contributed by atoms with Crippen LogP contribution in [0.25, 0.3) is 0 Å². The molecule has 0 saturated heterocycles. The molecule has 0 heterocycles. The monoisotopic (exact) mass is 628 g/mol. The van der Waals surface area contributed by atoms with Gasteiger partial charge in [-0.05, 0) is 16.2 Å². The van der Waals surface area contributed by atoms with E-state index in [1.807, 2.05) is 0 Å².